The largest absolute Gasteiger partial charge is 0.480 e. The molecule has 92 valence electrons. The number of carboxylic acid groups (broad SMARTS) is 1. The molecular weight excluding hydrogens is 208 g/mol. The van der Waals surface area contributed by atoms with Crippen molar-refractivity contribution < 1.29 is 14.7 Å². The molecule has 0 saturated heterocycles. The molecule has 1 atom stereocenters. The van der Waals surface area contributed by atoms with Gasteiger partial charge in [-0.05, 0) is 11.8 Å². The lowest BCUT2D eigenvalue weighted by Gasteiger charge is -2.27. The second kappa shape index (κ2) is 6.15. The van der Waals surface area contributed by atoms with Gasteiger partial charge in [-0.15, -0.1) is 6.58 Å². The fraction of sp³-hybridized carbons (Fsp3) is 0.636. The zero-order chi connectivity index (χ0) is 12.8. The third kappa shape index (κ3) is 5.38. The summed E-state index contributed by atoms with van der Waals surface area (Å²) < 4.78 is 0. The van der Waals surface area contributed by atoms with E-state index in [1.54, 1.807) is 26.8 Å². The van der Waals surface area contributed by atoms with Crippen LogP contribution in [0.2, 0.25) is 0 Å². The molecule has 0 aromatic heterocycles. The molecular formula is C11H20N2O3. The Morgan fingerprint density at radius 2 is 2.00 bits per heavy atom. The number of urea groups is 1. The zero-order valence-corrected chi connectivity index (χ0v) is 10.0. The van der Waals surface area contributed by atoms with E-state index in [0.717, 1.165) is 0 Å². The fourth-order valence-corrected chi connectivity index (χ4v) is 1.12. The van der Waals surface area contributed by atoms with Crippen LogP contribution in [0.15, 0.2) is 12.7 Å². The second-order valence-corrected chi connectivity index (χ2v) is 4.61. The molecule has 0 radical (unpaired) electrons. The number of rotatable bonds is 5. The molecule has 0 aromatic rings. The highest BCUT2D eigenvalue weighted by Crippen LogP contribution is 2.19. The van der Waals surface area contributed by atoms with E-state index in [9.17, 15) is 9.59 Å². The van der Waals surface area contributed by atoms with Crippen molar-refractivity contribution in [3.05, 3.63) is 12.7 Å². The number of carbonyl (C=O) groups is 2. The van der Waals surface area contributed by atoms with Gasteiger partial charge in [0.1, 0.15) is 6.04 Å². The van der Waals surface area contributed by atoms with Gasteiger partial charge in [0.2, 0.25) is 0 Å². The molecule has 0 aliphatic rings. The molecule has 5 heteroatoms. The minimum Gasteiger partial charge on any atom is -0.480 e. The van der Waals surface area contributed by atoms with Crippen LogP contribution < -0.4 is 10.6 Å². The summed E-state index contributed by atoms with van der Waals surface area (Å²) in [5, 5.41) is 14.0. The summed E-state index contributed by atoms with van der Waals surface area (Å²) >= 11 is 0. The predicted molar refractivity (Wildman–Crippen MR) is 62.2 cm³/mol. The van der Waals surface area contributed by atoms with Crippen LogP contribution in [-0.4, -0.2) is 29.7 Å². The summed E-state index contributed by atoms with van der Waals surface area (Å²) in [5.41, 5.74) is -0.526. The summed E-state index contributed by atoms with van der Waals surface area (Å²) in [6, 6.07) is -1.37. The summed E-state index contributed by atoms with van der Waals surface area (Å²) in [7, 11) is 0. The molecule has 0 unspecified atom stereocenters. The van der Waals surface area contributed by atoms with Gasteiger partial charge in [0, 0.05) is 6.54 Å². The van der Waals surface area contributed by atoms with Crippen LogP contribution in [0.3, 0.4) is 0 Å². The molecule has 0 bridgehead atoms. The number of hydrogen-bond donors (Lipinski definition) is 3. The zero-order valence-electron chi connectivity index (χ0n) is 10.0. The average molecular weight is 228 g/mol. The molecule has 0 saturated carbocycles. The van der Waals surface area contributed by atoms with Crippen molar-refractivity contribution in [2.75, 3.05) is 6.54 Å². The lowest BCUT2D eigenvalue weighted by molar-refractivity contribution is -0.141. The van der Waals surface area contributed by atoms with Crippen LogP contribution in [0, 0.1) is 5.41 Å². The van der Waals surface area contributed by atoms with Gasteiger partial charge >= 0.3 is 12.0 Å². The predicted octanol–water partition coefficient (Wildman–Crippen LogP) is 1.36. The lowest BCUT2D eigenvalue weighted by atomic mass is 9.87. The van der Waals surface area contributed by atoms with Crippen molar-refractivity contribution in [1.82, 2.24) is 10.6 Å². The number of carbonyl (C=O) groups excluding carboxylic acids is 1. The van der Waals surface area contributed by atoms with E-state index in [-0.39, 0.29) is 0 Å². The Morgan fingerprint density at radius 1 is 1.44 bits per heavy atom. The molecule has 3 N–H and O–H groups in total. The monoisotopic (exact) mass is 228 g/mol. The Kier molecular flexibility index (Phi) is 5.56. The molecule has 0 aromatic carbocycles. The van der Waals surface area contributed by atoms with Gasteiger partial charge in [0.25, 0.3) is 0 Å². The smallest absolute Gasteiger partial charge is 0.326 e. The first kappa shape index (κ1) is 14.5. The second-order valence-electron chi connectivity index (χ2n) is 4.61. The fourth-order valence-electron chi connectivity index (χ4n) is 1.12. The quantitative estimate of drug-likeness (QED) is 0.491. The molecule has 0 aliphatic heterocycles. The standard InChI is InChI=1S/C11H20N2O3/c1-5-6-7-12-10(16)13-8(9(14)15)11(2,3)4/h5,8H,1,6-7H2,2-4H3,(H,14,15)(H2,12,13,16)/t8-/m1/s1. The van der Waals surface area contributed by atoms with Gasteiger partial charge in [0.15, 0.2) is 0 Å². The molecule has 16 heavy (non-hydrogen) atoms. The number of nitrogens with one attached hydrogen (secondary N) is 2. The van der Waals surface area contributed by atoms with Crippen LogP contribution in [0.5, 0.6) is 0 Å². The van der Waals surface area contributed by atoms with Gasteiger partial charge in [0.05, 0.1) is 0 Å². The van der Waals surface area contributed by atoms with Crippen molar-refractivity contribution in [3.8, 4) is 0 Å². The Labute approximate surface area is 95.9 Å². The molecule has 0 aliphatic carbocycles. The van der Waals surface area contributed by atoms with Crippen LogP contribution in [-0.2, 0) is 4.79 Å². The molecule has 0 heterocycles. The maximum absolute atomic E-state index is 11.4. The number of aliphatic carboxylic acids is 1. The highest BCUT2D eigenvalue weighted by atomic mass is 16.4. The van der Waals surface area contributed by atoms with Gasteiger partial charge in [-0.3, -0.25) is 0 Å². The van der Waals surface area contributed by atoms with E-state index in [1.807, 2.05) is 0 Å². The van der Waals surface area contributed by atoms with Crippen LogP contribution in [0.4, 0.5) is 4.79 Å². The van der Waals surface area contributed by atoms with Crippen molar-refractivity contribution in [2.45, 2.75) is 33.2 Å². The summed E-state index contributed by atoms with van der Waals surface area (Å²) in [4.78, 5) is 22.3. The van der Waals surface area contributed by atoms with E-state index in [2.05, 4.69) is 17.2 Å². The van der Waals surface area contributed by atoms with Crippen LogP contribution >= 0.6 is 0 Å². The lowest BCUT2D eigenvalue weighted by Crippen LogP contribution is -2.52. The van der Waals surface area contributed by atoms with E-state index < -0.39 is 23.5 Å². The Bertz CT molecular complexity index is 269. The maximum Gasteiger partial charge on any atom is 0.326 e. The van der Waals surface area contributed by atoms with Crippen molar-refractivity contribution in [2.24, 2.45) is 5.41 Å². The molecule has 0 fully saturated rings. The first-order chi connectivity index (χ1) is 7.29. The minimum absolute atomic E-state index is 0.450. The maximum atomic E-state index is 11.4. The Balaban J connectivity index is 4.25. The van der Waals surface area contributed by atoms with E-state index in [4.69, 9.17) is 5.11 Å². The SMILES string of the molecule is C=CCCNC(=O)N[C@H](C(=O)O)C(C)(C)C. The van der Waals surface area contributed by atoms with Gasteiger partial charge < -0.3 is 15.7 Å². The van der Waals surface area contributed by atoms with Crippen molar-refractivity contribution >= 4 is 12.0 Å². The Morgan fingerprint density at radius 3 is 2.38 bits per heavy atom. The molecule has 0 rings (SSSR count). The number of carboxylic acids is 1. The van der Waals surface area contributed by atoms with Gasteiger partial charge in [-0.2, -0.15) is 0 Å². The van der Waals surface area contributed by atoms with Crippen molar-refractivity contribution in [3.63, 3.8) is 0 Å². The third-order valence-electron chi connectivity index (χ3n) is 2.02. The summed E-state index contributed by atoms with van der Waals surface area (Å²) in [6.45, 7) is 9.25. The highest BCUT2D eigenvalue weighted by molar-refractivity contribution is 5.83. The minimum atomic E-state index is -1.04. The third-order valence-corrected chi connectivity index (χ3v) is 2.02. The molecule has 2 amide bonds. The summed E-state index contributed by atoms with van der Waals surface area (Å²) in [5.74, 6) is -1.04. The average Bonchev–Trinajstić information content (AvgIpc) is 2.12. The first-order valence-corrected chi connectivity index (χ1v) is 5.17. The van der Waals surface area contributed by atoms with Crippen LogP contribution in [0.1, 0.15) is 27.2 Å². The number of hydrogen-bond acceptors (Lipinski definition) is 2. The number of amides is 2. The van der Waals surface area contributed by atoms with E-state index in [1.165, 1.54) is 0 Å². The van der Waals surface area contributed by atoms with E-state index in [0.29, 0.717) is 13.0 Å². The molecule has 5 nitrogen and oxygen atoms in total. The molecule has 0 spiro atoms. The topological polar surface area (TPSA) is 78.4 Å². The van der Waals surface area contributed by atoms with Crippen LogP contribution in [0.25, 0.3) is 0 Å². The normalized spacial score (nSPS) is 12.7. The highest BCUT2D eigenvalue weighted by Gasteiger charge is 2.32. The van der Waals surface area contributed by atoms with Gasteiger partial charge in [-0.1, -0.05) is 26.8 Å². The van der Waals surface area contributed by atoms with E-state index >= 15 is 0 Å². The van der Waals surface area contributed by atoms with Crippen molar-refractivity contribution in [1.29, 1.82) is 0 Å². The Hall–Kier alpha value is -1.52. The van der Waals surface area contributed by atoms with Gasteiger partial charge in [-0.25, -0.2) is 9.59 Å². The summed E-state index contributed by atoms with van der Waals surface area (Å²) in [6.07, 6.45) is 2.33. The first-order valence-electron chi connectivity index (χ1n) is 5.17.